The van der Waals surface area contributed by atoms with Gasteiger partial charge in [-0.25, -0.2) is 0 Å². The van der Waals surface area contributed by atoms with Gasteiger partial charge in [-0.15, -0.1) is 0 Å². The number of ether oxygens (including phenoxy) is 1. The fraction of sp³-hybridized carbons (Fsp3) is 0.167. The van der Waals surface area contributed by atoms with Gasteiger partial charge in [0.15, 0.2) is 0 Å². The minimum Gasteiger partial charge on any atom is -0.495 e. The molecule has 0 fully saturated rings. The van der Waals surface area contributed by atoms with E-state index in [1.807, 2.05) is 55.5 Å². The van der Waals surface area contributed by atoms with Gasteiger partial charge in [-0.3, -0.25) is 9.59 Å². The van der Waals surface area contributed by atoms with E-state index < -0.39 is 0 Å². The van der Waals surface area contributed by atoms with E-state index in [4.69, 9.17) is 4.74 Å². The fourth-order valence-electron chi connectivity index (χ4n) is 2.93. The Morgan fingerprint density at radius 3 is 2.27 bits per heavy atom. The maximum Gasteiger partial charge on any atom is 0.253 e. The average molecular weight is 403 g/mol. The van der Waals surface area contributed by atoms with Crippen molar-refractivity contribution in [1.29, 1.82) is 0 Å². The molecule has 6 nitrogen and oxygen atoms in total. The zero-order valence-corrected chi connectivity index (χ0v) is 17.1. The largest absolute Gasteiger partial charge is 0.495 e. The van der Waals surface area contributed by atoms with Crippen molar-refractivity contribution in [2.45, 2.75) is 13.5 Å². The molecule has 2 amide bonds. The van der Waals surface area contributed by atoms with Crippen LogP contribution in [0.2, 0.25) is 0 Å². The molecule has 0 unspecified atom stereocenters. The molecule has 3 rings (SSSR count). The molecule has 0 saturated carbocycles. The number of hydrogen-bond acceptors (Lipinski definition) is 4. The van der Waals surface area contributed by atoms with Crippen LogP contribution in [0.25, 0.3) is 0 Å². The molecule has 0 heterocycles. The molecule has 0 radical (unpaired) electrons. The predicted molar refractivity (Wildman–Crippen MR) is 119 cm³/mol. The van der Waals surface area contributed by atoms with Gasteiger partial charge in [0, 0.05) is 6.54 Å². The lowest BCUT2D eigenvalue weighted by atomic mass is 10.1. The molecule has 6 heteroatoms. The van der Waals surface area contributed by atoms with Crippen molar-refractivity contribution in [2.24, 2.45) is 0 Å². The van der Waals surface area contributed by atoms with Crippen LogP contribution in [0.15, 0.2) is 72.8 Å². The number of para-hydroxylation sites is 3. The Morgan fingerprint density at radius 2 is 1.53 bits per heavy atom. The Morgan fingerprint density at radius 1 is 0.867 bits per heavy atom. The normalized spacial score (nSPS) is 10.2. The summed E-state index contributed by atoms with van der Waals surface area (Å²) in [6.07, 6.45) is 0. The molecule has 3 aromatic carbocycles. The molecule has 0 aliphatic rings. The van der Waals surface area contributed by atoms with Crippen molar-refractivity contribution in [3.8, 4) is 5.75 Å². The first-order valence-electron chi connectivity index (χ1n) is 9.66. The van der Waals surface area contributed by atoms with Crippen molar-refractivity contribution in [2.75, 3.05) is 24.3 Å². The van der Waals surface area contributed by atoms with E-state index in [0.29, 0.717) is 23.5 Å². The van der Waals surface area contributed by atoms with Crippen LogP contribution in [-0.2, 0) is 11.3 Å². The standard InChI is InChI=1S/C24H25N3O3/c1-17-11-13-18(14-12-17)15-26-24(29)19-7-3-4-8-20(19)27-23(28)16-25-21-9-5-6-10-22(21)30-2/h3-14,25H,15-16H2,1-2H3,(H,26,29)(H,27,28). The second kappa shape index (κ2) is 10.1. The second-order valence-corrected chi connectivity index (χ2v) is 6.82. The highest BCUT2D eigenvalue weighted by atomic mass is 16.5. The van der Waals surface area contributed by atoms with Gasteiger partial charge in [0.1, 0.15) is 5.75 Å². The molecule has 0 aliphatic heterocycles. The summed E-state index contributed by atoms with van der Waals surface area (Å²) in [6.45, 7) is 2.47. The summed E-state index contributed by atoms with van der Waals surface area (Å²) in [5, 5.41) is 8.75. The highest BCUT2D eigenvalue weighted by molar-refractivity contribution is 6.04. The third-order valence-electron chi connectivity index (χ3n) is 4.57. The molecule has 154 valence electrons. The van der Waals surface area contributed by atoms with Crippen LogP contribution in [0.5, 0.6) is 5.75 Å². The van der Waals surface area contributed by atoms with Crippen LogP contribution in [0, 0.1) is 6.92 Å². The maximum absolute atomic E-state index is 12.7. The number of rotatable bonds is 8. The quantitative estimate of drug-likeness (QED) is 0.531. The van der Waals surface area contributed by atoms with Crippen molar-refractivity contribution in [3.05, 3.63) is 89.5 Å². The Hall–Kier alpha value is -3.80. The van der Waals surface area contributed by atoms with Gasteiger partial charge in [0.2, 0.25) is 5.91 Å². The van der Waals surface area contributed by atoms with Crippen molar-refractivity contribution in [3.63, 3.8) is 0 Å². The van der Waals surface area contributed by atoms with E-state index in [1.165, 1.54) is 5.56 Å². The minimum absolute atomic E-state index is 0.0414. The molecule has 30 heavy (non-hydrogen) atoms. The molecule has 0 spiro atoms. The summed E-state index contributed by atoms with van der Waals surface area (Å²) in [7, 11) is 1.58. The third kappa shape index (κ3) is 5.61. The Labute approximate surface area is 176 Å². The van der Waals surface area contributed by atoms with Gasteiger partial charge in [-0.05, 0) is 36.8 Å². The molecule has 0 aromatic heterocycles. The summed E-state index contributed by atoms with van der Waals surface area (Å²) in [5.41, 5.74) is 3.77. The minimum atomic E-state index is -0.264. The van der Waals surface area contributed by atoms with Crippen LogP contribution < -0.4 is 20.7 Å². The van der Waals surface area contributed by atoms with Crippen LogP contribution >= 0.6 is 0 Å². The number of anilines is 2. The lowest BCUT2D eigenvalue weighted by Gasteiger charge is -2.13. The highest BCUT2D eigenvalue weighted by Gasteiger charge is 2.13. The number of methoxy groups -OCH3 is 1. The Balaban J connectivity index is 1.60. The third-order valence-corrected chi connectivity index (χ3v) is 4.57. The van der Waals surface area contributed by atoms with Gasteiger partial charge >= 0.3 is 0 Å². The predicted octanol–water partition coefficient (Wildman–Crippen LogP) is 3.98. The lowest BCUT2D eigenvalue weighted by molar-refractivity contribution is -0.114. The van der Waals surface area contributed by atoms with Crippen LogP contribution in [0.1, 0.15) is 21.5 Å². The number of nitrogens with one attached hydrogen (secondary N) is 3. The first-order chi connectivity index (χ1) is 14.6. The van der Waals surface area contributed by atoms with E-state index in [9.17, 15) is 9.59 Å². The number of amides is 2. The monoisotopic (exact) mass is 403 g/mol. The van der Waals surface area contributed by atoms with E-state index in [2.05, 4.69) is 16.0 Å². The number of carbonyl (C=O) groups is 2. The van der Waals surface area contributed by atoms with E-state index in [-0.39, 0.29) is 18.4 Å². The van der Waals surface area contributed by atoms with Gasteiger partial charge in [0.25, 0.3) is 5.91 Å². The molecular formula is C24H25N3O3. The van der Waals surface area contributed by atoms with Gasteiger partial charge in [-0.1, -0.05) is 54.1 Å². The van der Waals surface area contributed by atoms with Crippen molar-refractivity contribution in [1.82, 2.24) is 5.32 Å². The molecule has 0 saturated heterocycles. The summed E-state index contributed by atoms with van der Waals surface area (Å²) < 4.78 is 5.27. The van der Waals surface area contributed by atoms with Crippen molar-refractivity contribution >= 4 is 23.2 Å². The SMILES string of the molecule is COc1ccccc1NCC(=O)Nc1ccccc1C(=O)NCc1ccc(C)cc1. The summed E-state index contributed by atoms with van der Waals surface area (Å²) in [4.78, 5) is 25.1. The van der Waals surface area contributed by atoms with Crippen LogP contribution in [-0.4, -0.2) is 25.5 Å². The number of carbonyl (C=O) groups excluding carboxylic acids is 2. The number of aryl methyl sites for hydroxylation is 1. The fourth-order valence-corrected chi connectivity index (χ4v) is 2.93. The lowest BCUT2D eigenvalue weighted by Crippen LogP contribution is -2.26. The highest BCUT2D eigenvalue weighted by Crippen LogP contribution is 2.22. The number of hydrogen-bond donors (Lipinski definition) is 3. The van der Waals surface area contributed by atoms with E-state index >= 15 is 0 Å². The zero-order chi connectivity index (χ0) is 21.3. The summed E-state index contributed by atoms with van der Waals surface area (Å²) >= 11 is 0. The molecule has 3 N–H and O–H groups in total. The Kier molecular flexibility index (Phi) is 7.05. The maximum atomic E-state index is 12.7. The second-order valence-electron chi connectivity index (χ2n) is 6.82. The van der Waals surface area contributed by atoms with E-state index in [1.54, 1.807) is 31.4 Å². The Bertz CT molecular complexity index is 1020. The molecule has 3 aromatic rings. The first-order valence-corrected chi connectivity index (χ1v) is 9.66. The van der Waals surface area contributed by atoms with Gasteiger partial charge in [0.05, 0.1) is 30.6 Å². The van der Waals surface area contributed by atoms with E-state index in [0.717, 1.165) is 11.3 Å². The molecular weight excluding hydrogens is 378 g/mol. The average Bonchev–Trinajstić information content (AvgIpc) is 2.77. The first kappa shape index (κ1) is 20.9. The molecule has 0 atom stereocenters. The van der Waals surface area contributed by atoms with Crippen LogP contribution in [0.4, 0.5) is 11.4 Å². The van der Waals surface area contributed by atoms with Gasteiger partial charge < -0.3 is 20.7 Å². The molecule has 0 bridgehead atoms. The zero-order valence-electron chi connectivity index (χ0n) is 17.1. The number of benzene rings is 3. The topological polar surface area (TPSA) is 79.5 Å². The van der Waals surface area contributed by atoms with Crippen molar-refractivity contribution < 1.29 is 14.3 Å². The van der Waals surface area contributed by atoms with Gasteiger partial charge in [-0.2, -0.15) is 0 Å². The summed E-state index contributed by atoms with van der Waals surface area (Å²) in [6, 6.07) is 22.3. The summed E-state index contributed by atoms with van der Waals surface area (Å²) in [5.74, 6) is 0.144. The van der Waals surface area contributed by atoms with Crippen LogP contribution in [0.3, 0.4) is 0 Å². The molecule has 0 aliphatic carbocycles. The smallest absolute Gasteiger partial charge is 0.253 e.